The van der Waals surface area contributed by atoms with Gasteiger partial charge in [-0.2, -0.15) is 12.6 Å². The molecule has 2 rings (SSSR count). The standard InChI is InChI=1S/C15H17NO2S2.C2H6/c17-14-11-13(20-10-6-2-5-9-19)15(18)16(14)12-7-3-1-4-8-12;1-2/h1,3-4,7-8,11,19H,2,5-6,9-10H2;1-2H3. The summed E-state index contributed by atoms with van der Waals surface area (Å²) in [5.74, 6) is 1.30. The van der Waals surface area contributed by atoms with Crippen molar-refractivity contribution in [1.29, 1.82) is 0 Å². The van der Waals surface area contributed by atoms with Crippen LogP contribution in [-0.4, -0.2) is 23.3 Å². The Kier molecular flexibility index (Phi) is 9.01. The number of hydrogen-bond donors (Lipinski definition) is 1. The van der Waals surface area contributed by atoms with E-state index in [4.69, 9.17) is 0 Å². The highest BCUT2D eigenvalue weighted by atomic mass is 32.2. The van der Waals surface area contributed by atoms with E-state index in [2.05, 4.69) is 12.6 Å². The number of thiol groups is 1. The molecule has 0 spiro atoms. The Hall–Kier alpha value is -1.20. The van der Waals surface area contributed by atoms with Crippen LogP contribution in [0, 0.1) is 0 Å². The van der Waals surface area contributed by atoms with Crippen LogP contribution in [0.2, 0.25) is 0 Å². The van der Waals surface area contributed by atoms with Gasteiger partial charge in [0.05, 0.1) is 10.6 Å². The van der Waals surface area contributed by atoms with E-state index in [-0.39, 0.29) is 11.8 Å². The number of benzene rings is 1. The lowest BCUT2D eigenvalue weighted by molar-refractivity contribution is -0.120. The lowest BCUT2D eigenvalue weighted by Crippen LogP contribution is -2.30. The molecule has 0 bridgehead atoms. The van der Waals surface area contributed by atoms with E-state index < -0.39 is 0 Å². The number of para-hydroxylation sites is 1. The van der Waals surface area contributed by atoms with Crippen molar-refractivity contribution in [2.24, 2.45) is 0 Å². The Morgan fingerprint density at radius 1 is 1.05 bits per heavy atom. The number of amides is 2. The van der Waals surface area contributed by atoms with Crippen LogP contribution in [0.4, 0.5) is 5.69 Å². The van der Waals surface area contributed by atoms with Crippen molar-refractivity contribution in [3.63, 3.8) is 0 Å². The fourth-order valence-electron chi connectivity index (χ4n) is 1.95. The van der Waals surface area contributed by atoms with E-state index in [1.807, 2.05) is 32.0 Å². The maximum Gasteiger partial charge on any atom is 0.271 e. The zero-order valence-corrected chi connectivity index (χ0v) is 14.8. The second kappa shape index (κ2) is 10.5. The first kappa shape index (κ1) is 18.8. The zero-order chi connectivity index (χ0) is 16.4. The number of carbonyl (C=O) groups is 2. The molecule has 0 N–H and O–H groups in total. The highest BCUT2D eigenvalue weighted by molar-refractivity contribution is 8.04. The van der Waals surface area contributed by atoms with Crippen LogP contribution in [-0.2, 0) is 9.59 Å². The molecule has 1 aromatic carbocycles. The van der Waals surface area contributed by atoms with E-state index in [1.165, 1.54) is 22.7 Å². The van der Waals surface area contributed by atoms with Crippen LogP contribution in [0.1, 0.15) is 33.1 Å². The minimum absolute atomic E-state index is 0.208. The SMILES string of the molecule is CC.O=C1C=C(SCCCCCS)C(=O)N1c1ccccc1. The van der Waals surface area contributed by atoms with Gasteiger partial charge in [-0.15, -0.1) is 11.8 Å². The van der Waals surface area contributed by atoms with Crippen molar-refractivity contribution in [1.82, 2.24) is 0 Å². The number of hydrogen-bond acceptors (Lipinski definition) is 4. The summed E-state index contributed by atoms with van der Waals surface area (Å²) >= 11 is 5.63. The van der Waals surface area contributed by atoms with Gasteiger partial charge < -0.3 is 0 Å². The molecule has 1 heterocycles. The van der Waals surface area contributed by atoms with Crippen LogP contribution in [0.3, 0.4) is 0 Å². The second-order valence-electron chi connectivity index (χ2n) is 4.46. The monoisotopic (exact) mass is 337 g/mol. The first-order valence-corrected chi connectivity index (χ1v) is 9.24. The third kappa shape index (κ3) is 5.21. The van der Waals surface area contributed by atoms with E-state index >= 15 is 0 Å². The highest BCUT2D eigenvalue weighted by Crippen LogP contribution is 2.29. The molecule has 1 aliphatic heterocycles. The molecule has 0 fully saturated rings. The average Bonchev–Trinajstić information content (AvgIpc) is 2.84. The number of thioether (sulfide) groups is 1. The fourth-order valence-corrected chi connectivity index (χ4v) is 3.14. The lowest BCUT2D eigenvalue weighted by Gasteiger charge is -2.14. The molecule has 3 nitrogen and oxygen atoms in total. The van der Waals surface area contributed by atoms with Gasteiger partial charge in [0.2, 0.25) is 0 Å². The second-order valence-corrected chi connectivity index (χ2v) is 6.04. The van der Waals surface area contributed by atoms with Crippen LogP contribution in [0.15, 0.2) is 41.3 Å². The summed E-state index contributed by atoms with van der Waals surface area (Å²) in [6.07, 6.45) is 4.67. The molecule has 0 saturated heterocycles. The van der Waals surface area contributed by atoms with Crippen LogP contribution in [0.25, 0.3) is 0 Å². The predicted octanol–water partition coefficient (Wildman–Crippen LogP) is 4.30. The molecular weight excluding hydrogens is 314 g/mol. The first-order chi connectivity index (χ1) is 10.7. The smallest absolute Gasteiger partial charge is 0.269 e. The molecule has 0 aromatic heterocycles. The summed E-state index contributed by atoms with van der Waals surface area (Å²) in [6.45, 7) is 4.00. The molecule has 2 amide bonds. The molecular formula is C17H23NO2S2. The Morgan fingerprint density at radius 2 is 1.73 bits per heavy atom. The third-order valence-electron chi connectivity index (χ3n) is 2.96. The summed E-state index contributed by atoms with van der Waals surface area (Å²) < 4.78 is 0. The van der Waals surface area contributed by atoms with Gasteiger partial charge in [0.1, 0.15) is 0 Å². The number of nitrogens with zero attached hydrogens (tertiary/aromatic N) is 1. The van der Waals surface area contributed by atoms with E-state index in [0.717, 1.165) is 30.8 Å². The van der Waals surface area contributed by atoms with E-state index in [9.17, 15) is 9.59 Å². The largest absolute Gasteiger partial charge is 0.271 e. The summed E-state index contributed by atoms with van der Waals surface area (Å²) in [5.41, 5.74) is 0.629. The average molecular weight is 338 g/mol. The lowest BCUT2D eigenvalue weighted by atomic mass is 10.3. The Labute approximate surface area is 142 Å². The highest BCUT2D eigenvalue weighted by Gasteiger charge is 2.32. The van der Waals surface area contributed by atoms with Crippen LogP contribution in [0.5, 0.6) is 0 Å². The van der Waals surface area contributed by atoms with Crippen LogP contribution >= 0.6 is 24.4 Å². The summed E-state index contributed by atoms with van der Waals surface area (Å²) in [7, 11) is 0. The summed E-state index contributed by atoms with van der Waals surface area (Å²) in [6, 6.07) is 9.03. The first-order valence-electron chi connectivity index (χ1n) is 7.63. The quantitative estimate of drug-likeness (QED) is 0.458. The van der Waals surface area contributed by atoms with Gasteiger partial charge in [-0.1, -0.05) is 38.5 Å². The molecule has 120 valence electrons. The maximum atomic E-state index is 12.2. The number of imide groups is 1. The minimum Gasteiger partial charge on any atom is -0.269 e. The van der Waals surface area contributed by atoms with Crippen molar-refractivity contribution in [3.05, 3.63) is 41.3 Å². The van der Waals surface area contributed by atoms with Gasteiger partial charge in [-0.3, -0.25) is 9.59 Å². The Morgan fingerprint density at radius 3 is 2.36 bits per heavy atom. The molecule has 0 aliphatic carbocycles. The van der Waals surface area contributed by atoms with Crippen molar-refractivity contribution >= 4 is 41.9 Å². The molecule has 0 atom stereocenters. The van der Waals surface area contributed by atoms with E-state index in [0.29, 0.717) is 10.6 Å². The molecule has 1 aliphatic rings. The van der Waals surface area contributed by atoms with Crippen molar-refractivity contribution in [2.75, 3.05) is 16.4 Å². The molecule has 0 unspecified atom stereocenters. The van der Waals surface area contributed by atoms with Gasteiger partial charge in [0.15, 0.2) is 0 Å². The Bertz CT molecular complexity index is 515. The normalized spacial score (nSPS) is 13.8. The fraction of sp³-hybridized carbons (Fsp3) is 0.412. The minimum atomic E-state index is -0.251. The van der Waals surface area contributed by atoms with Gasteiger partial charge in [-0.05, 0) is 36.5 Å². The summed E-state index contributed by atoms with van der Waals surface area (Å²) in [5, 5.41) is 0. The van der Waals surface area contributed by atoms with Gasteiger partial charge in [0, 0.05) is 6.08 Å². The molecule has 0 radical (unpaired) electrons. The zero-order valence-electron chi connectivity index (χ0n) is 13.1. The number of rotatable bonds is 7. The van der Waals surface area contributed by atoms with Gasteiger partial charge >= 0.3 is 0 Å². The molecule has 1 aromatic rings. The molecule has 5 heteroatoms. The molecule has 0 saturated carbocycles. The Balaban J connectivity index is 0.00000116. The van der Waals surface area contributed by atoms with E-state index in [1.54, 1.807) is 12.1 Å². The number of unbranched alkanes of at least 4 members (excludes halogenated alkanes) is 2. The van der Waals surface area contributed by atoms with Crippen molar-refractivity contribution < 1.29 is 9.59 Å². The van der Waals surface area contributed by atoms with Crippen molar-refractivity contribution in [2.45, 2.75) is 33.1 Å². The van der Waals surface area contributed by atoms with Crippen LogP contribution < -0.4 is 4.90 Å². The third-order valence-corrected chi connectivity index (χ3v) is 4.38. The summed E-state index contributed by atoms with van der Waals surface area (Å²) in [4.78, 5) is 26.0. The van der Waals surface area contributed by atoms with Gasteiger partial charge in [0.25, 0.3) is 11.8 Å². The van der Waals surface area contributed by atoms with Gasteiger partial charge in [-0.25, -0.2) is 4.90 Å². The van der Waals surface area contributed by atoms with Crippen molar-refractivity contribution in [3.8, 4) is 0 Å². The number of carbonyl (C=O) groups excluding carboxylic acids is 2. The number of anilines is 1. The maximum absolute atomic E-state index is 12.2. The molecule has 22 heavy (non-hydrogen) atoms. The predicted molar refractivity (Wildman–Crippen MR) is 98.5 cm³/mol. The topological polar surface area (TPSA) is 37.4 Å².